The summed E-state index contributed by atoms with van der Waals surface area (Å²) in [6.07, 6.45) is 2.39. The molecule has 1 atom stereocenters. The zero-order chi connectivity index (χ0) is 15.3. The van der Waals surface area contributed by atoms with Crippen LogP contribution in [0.1, 0.15) is 23.3 Å². The molecule has 3 fully saturated rings. The Kier molecular flexibility index (Phi) is 3.46. The number of aryl methyl sites for hydroxylation is 1. The fourth-order valence-electron chi connectivity index (χ4n) is 3.76. The highest BCUT2D eigenvalue weighted by Gasteiger charge is 2.35. The smallest absolute Gasteiger partial charge is 0.272 e. The maximum absolute atomic E-state index is 12.7. The van der Waals surface area contributed by atoms with Crippen LogP contribution in [0.15, 0.2) is 22.7 Å². The van der Waals surface area contributed by atoms with Gasteiger partial charge in [0.25, 0.3) is 5.91 Å². The average molecular weight is 363 g/mol. The minimum absolute atomic E-state index is 0.0494. The number of halogens is 1. The van der Waals surface area contributed by atoms with Gasteiger partial charge in [-0.2, -0.15) is 5.10 Å². The number of carbonyl (C=O) groups excluding carboxylic acids is 1. The Labute approximate surface area is 137 Å². The highest BCUT2D eigenvalue weighted by atomic mass is 79.9. The maximum Gasteiger partial charge on any atom is 0.272 e. The van der Waals surface area contributed by atoms with Crippen LogP contribution in [-0.4, -0.2) is 46.3 Å². The number of nitrogens with zero attached hydrogens (tertiary/aromatic N) is 3. The molecule has 6 heteroatoms. The Morgan fingerprint density at radius 1 is 1.36 bits per heavy atom. The molecule has 116 valence electrons. The second-order valence-corrected chi connectivity index (χ2v) is 7.27. The Morgan fingerprint density at radius 3 is 2.82 bits per heavy atom. The molecule has 4 heterocycles. The summed E-state index contributed by atoms with van der Waals surface area (Å²) in [4.78, 5) is 15.1. The summed E-state index contributed by atoms with van der Waals surface area (Å²) in [5, 5.41) is 8.55. The number of aromatic nitrogens is 2. The van der Waals surface area contributed by atoms with Crippen LogP contribution in [0.4, 0.5) is 0 Å². The number of amides is 1. The highest BCUT2D eigenvalue weighted by molar-refractivity contribution is 9.10. The number of carbonyl (C=O) groups is 1. The minimum Gasteiger partial charge on any atom is -0.346 e. The van der Waals surface area contributed by atoms with Gasteiger partial charge in [-0.15, -0.1) is 0 Å². The first kappa shape index (κ1) is 14.2. The van der Waals surface area contributed by atoms with E-state index in [0.29, 0.717) is 11.6 Å². The van der Waals surface area contributed by atoms with Crippen molar-refractivity contribution >= 4 is 32.7 Å². The van der Waals surface area contributed by atoms with Crippen molar-refractivity contribution in [3.05, 3.63) is 28.4 Å². The topological polar surface area (TPSA) is 50.2 Å². The Morgan fingerprint density at radius 2 is 2.14 bits per heavy atom. The molecule has 1 amide bonds. The third-order valence-corrected chi connectivity index (χ3v) is 5.49. The van der Waals surface area contributed by atoms with Gasteiger partial charge in [-0.3, -0.25) is 9.48 Å². The molecule has 2 bridgehead atoms. The van der Waals surface area contributed by atoms with E-state index in [1.807, 2.05) is 25.2 Å². The Balaban J connectivity index is 1.60. The molecule has 1 aromatic carbocycles. The minimum atomic E-state index is -0.0494. The van der Waals surface area contributed by atoms with Crippen molar-refractivity contribution in [2.75, 3.05) is 19.6 Å². The molecular formula is C16H19BrN4O. The van der Waals surface area contributed by atoms with E-state index in [-0.39, 0.29) is 11.9 Å². The molecule has 0 radical (unpaired) electrons. The zero-order valence-electron chi connectivity index (χ0n) is 12.6. The van der Waals surface area contributed by atoms with Crippen LogP contribution in [0.25, 0.3) is 10.9 Å². The van der Waals surface area contributed by atoms with E-state index in [1.54, 1.807) is 4.68 Å². The van der Waals surface area contributed by atoms with Crippen LogP contribution < -0.4 is 5.32 Å². The lowest BCUT2D eigenvalue weighted by atomic mass is 9.84. The van der Waals surface area contributed by atoms with Gasteiger partial charge >= 0.3 is 0 Å². The monoisotopic (exact) mass is 362 g/mol. The SMILES string of the molecule is Cn1nc(C(=O)N[C@@H]2CN3CCC2CC3)c2ccc(Br)cc21. The normalized spacial score (nSPS) is 27.3. The molecule has 0 spiro atoms. The first-order valence-corrected chi connectivity index (χ1v) is 8.56. The quantitative estimate of drug-likeness (QED) is 0.890. The third kappa shape index (κ3) is 2.34. The highest BCUT2D eigenvalue weighted by Crippen LogP contribution is 2.28. The average Bonchev–Trinajstić information content (AvgIpc) is 2.85. The van der Waals surface area contributed by atoms with Gasteiger partial charge < -0.3 is 10.2 Å². The zero-order valence-corrected chi connectivity index (χ0v) is 14.1. The van der Waals surface area contributed by atoms with Crippen molar-refractivity contribution < 1.29 is 4.79 Å². The molecule has 5 nitrogen and oxygen atoms in total. The van der Waals surface area contributed by atoms with E-state index >= 15 is 0 Å². The third-order valence-electron chi connectivity index (χ3n) is 5.00. The van der Waals surface area contributed by atoms with Gasteiger partial charge in [-0.25, -0.2) is 0 Å². The van der Waals surface area contributed by atoms with E-state index in [9.17, 15) is 4.79 Å². The van der Waals surface area contributed by atoms with Crippen LogP contribution in [0, 0.1) is 5.92 Å². The number of rotatable bonds is 2. The molecule has 0 unspecified atom stereocenters. The lowest BCUT2D eigenvalue weighted by molar-refractivity contribution is 0.0618. The van der Waals surface area contributed by atoms with Crippen LogP contribution in [0.2, 0.25) is 0 Å². The van der Waals surface area contributed by atoms with Crippen LogP contribution in [0.5, 0.6) is 0 Å². The lowest BCUT2D eigenvalue weighted by Crippen LogP contribution is -2.57. The van der Waals surface area contributed by atoms with Crippen LogP contribution in [0.3, 0.4) is 0 Å². The van der Waals surface area contributed by atoms with Crippen LogP contribution in [-0.2, 0) is 7.05 Å². The first-order chi connectivity index (χ1) is 10.6. The summed E-state index contributed by atoms with van der Waals surface area (Å²) < 4.78 is 2.76. The number of piperidine rings is 3. The maximum atomic E-state index is 12.7. The summed E-state index contributed by atoms with van der Waals surface area (Å²) in [6.45, 7) is 3.34. The second kappa shape index (κ2) is 5.35. The molecule has 2 aromatic rings. The molecule has 3 saturated heterocycles. The summed E-state index contributed by atoms with van der Waals surface area (Å²) in [5.41, 5.74) is 1.50. The summed E-state index contributed by atoms with van der Waals surface area (Å²) in [6, 6.07) is 6.17. The van der Waals surface area contributed by atoms with Crippen LogP contribution >= 0.6 is 15.9 Å². The van der Waals surface area contributed by atoms with E-state index in [1.165, 1.54) is 25.9 Å². The van der Waals surface area contributed by atoms with Gasteiger partial charge in [-0.05, 0) is 50.0 Å². The molecule has 1 N–H and O–H groups in total. The van der Waals surface area contributed by atoms with Crippen molar-refractivity contribution in [3.8, 4) is 0 Å². The number of benzene rings is 1. The van der Waals surface area contributed by atoms with Gasteiger partial charge in [0.1, 0.15) is 0 Å². The van der Waals surface area contributed by atoms with Gasteiger partial charge in [0, 0.05) is 29.5 Å². The predicted octanol–water partition coefficient (Wildman–Crippen LogP) is 2.16. The molecule has 22 heavy (non-hydrogen) atoms. The Hall–Kier alpha value is -1.40. The summed E-state index contributed by atoms with van der Waals surface area (Å²) in [7, 11) is 1.87. The van der Waals surface area contributed by atoms with Gasteiger partial charge in [0.2, 0.25) is 0 Å². The van der Waals surface area contributed by atoms with Gasteiger partial charge in [0.05, 0.1) is 5.52 Å². The summed E-state index contributed by atoms with van der Waals surface area (Å²) in [5.74, 6) is 0.574. The molecule has 1 aromatic heterocycles. The van der Waals surface area contributed by atoms with Crippen molar-refractivity contribution in [3.63, 3.8) is 0 Å². The number of hydrogen-bond acceptors (Lipinski definition) is 3. The van der Waals surface area contributed by atoms with Crippen molar-refractivity contribution in [1.82, 2.24) is 20.0 Å². The summed E-state index contributed by atoms with van der Waals surface area (Å²) >= 11 is 3.47. The second-order valence-electron chi connectivity index (χ2n) is 6.35. The number of fused-ring (bicyclic) bond motifs is 4. The number of nitrogens with one attached hydrogen (secondary N) is 1. The fraction of sp³-hybridized carbons (Fsp3) is 0.500. The molecule has 0 aliphatic carbocycles. The first-order valence-electron chi connectivity index (χ1n) is 7.77. The standard InChI is InChI=1S/C16H19BrN4O/c1-20-14-8-11(17)2-3-12(14)15(19-20)16(22)18-13-9-21-6-4-10(13)5-7-21/h2-3,8,10,13H,4-7,9H2,1H3,(H,18,22)/t13-/m1/s1. The largest absolute Gasteiger partial charge is 0.346 e. The van der Waals surface area contributed by atoms with E-state index < -0.39 is 0 Å². The van der Waals surface area contributed by atoms with Gasteiger partial charge in [-0.1, -0.05) is 15.9 Å². The molecule has 3 aliphatic heterocycles. The molecule has 3 aliphatic rings. The predicted molar refractivity (Wildman–Crippen MR) is 88.8 cm³/mol. The Bertz CT molecular complexity index is 733. The van der Waals surface area contributed by atoms with E-state index in [2.05, 4.69) is 31.2 Å². The van der Waals surface area contributed by atoms with E-state index in [4.69, 9.17) is 0 Å². The van der Waals surface area contributed by atoms with Crippen molar-refractivity contribution in [2.24, 2.45) is 13.0 Å². The van der Waals surface area contributed by atoms with E-state index in [0.717, 1.165) is 21.9 Å². The number of hydrogen-bond donors (Lipinski definition) is 1. The fourth-order valence-corrected chi connectivity index (χ4v) is 4.11. The molecular weight excluding hydrogens is 344 g/mol. The lowest BCUT2D eigenvalue weighted by Gasteiger charge is -2.44. The van der Waals surface area contributed by atoms with Crippen molar-refractivity contribution in [2.45, 2.75) is 18.9 Å². The molecule has 5 rings (SSSR count). The van der Waals surface area contributed by atoms with Gasteiger partial charge in [0.15, 0.2) is 5.69 Å². The molecule has 0 saturated carbocycles. The van der Waals surface area contributed by atoms with Crippen molar-refractivity contribution in [1.29, 1.82) is 0 Å².